The van der Waals surface area contributed by atoms with Gasteiger partial charge in [0.25, 0.3) is 0 Å². The normalized spacial score (nSPS) is 11.5. The first kappa shape index (κ1) is 19.4. The second kappa shape index (κ2) is 8.59. The summed E-state index contributed by atoms with van der Waals surface area (Å²) in [6.07, 6.45) is 4.36. The summed E-state index contributed by atoms with van der Waals surface area (Å²) in [5, 5.41) is 2.59. The van der Waals surface area contributed by atoms with Gasteiger partial charge in [-0.25, -0.2) is 0 Å². The van der Waals surface area contributed by atoms with Gasteiger partial charge in [0, 0.05) is 0 Å². The molecule has 1 aromatic heterocycles. The van der Waals surface area contributed by atoms with Crippen molar-refractivity contribution in [3.63, 3.8) is 0 Å². The standard InChI is InChI=1S/C24H22F2N.Ti/c25-21-13-9-14-22(26)20(21)12-3-1-2-8-17-27-23-15-6-4-10-18(23)19-11-5-7-16-24(19)27;/h4-7,9-11,13,15-16H,1-3,8,12,17H2;. The molecule has 0 aliphatic rings. The van der Waals surface area contributed by atoms with Crippen LogP contribution in [0.15, 0.2) is 60.7 Å². The number of hydrogen-bond donors (Lipinski definition) is 0. The van der Waals surface area contributed by atoms with E-state index in [-0.39, 0.29) is 11.4 Å². The van der Waals surface area contributed by atoms with Gasteiger partial charge in [-0.3, -0.25) is 0 Å². The van der Waals surface area contributed by atoms with E-state index >= 15 is 0 Å². The molecule has 1 heterocycles. The van der Waals surface area contributed by atoms with Crippen LogP contribution in [0, 0.1) is 11.6 Å². The van der Waals surface area contributed by atoms with Gasteiger partial charge in [-0.1, -0.05) is 36.4 Å². The molecule has 0 saturated carbocycles. The average molecular weight is 410 g/mol. The van der Waals surface area contributed by atoms with E-state index in [1.807, 2.05) is 0 Å². The number of unbranched alkanes of at least 4 members (excludes halogenated alkanes) is 3. The molecule has 4 aromatic rings. The molecule has 0 saturated heterocycles. The zero-order valence-electron chi connectivity index (χ0n) is 15.7. The van der Waals surface area contributed by atoms with Crippen LogP contribution in [0.5, 0.6) is 0 Å². The Labute approximate surface area is 175 Å². The van der Waals surface area contributed by atoms with Crippen LogP contribution in [0.4, 0.5) is 8.78 Å². The molecule has 1 nitrogen and oxygen atoms in total. The molecular weight excluding hydrogens is 388 g/mol. The Bertz CT molecular complexity index is 1060. The number of benzene rings is 3. The average Bonchev–Trinajstić information content (AvgIpc) is 3.04. The Hall–Kier alpha value is -1.97. The molecule has 0 fully saturated rings. The summed E-state index contributed by atoms with van der Waals surface area (Å²) in [6.45, 7) is 0.960. The van der Waals surface area contributed by atoms with E-state index in [4.69, 9.17) is 0 Å². The van der Waals surface area contributed by atoms with E-state index < -0.39 is 5.82 Å². The third kappa shape index (κ3) is 3.79. The molecule has 28 heavy (non-hydrogen) atoms. The molecule has 0 N–H and O–H groups in total. The SMILES string of the molecule is Fc1cc[c]([Ti])c(F)c1CCCCCCn1c2ccccc2c2ccccc21. The number of rotatable bonds is 7. The third-order valence-corrected chi connectivity index (χ3v) is 6.03. The number of nitrogens with zero attached hydrogens (tertiary/aromatic N) is 1. The molecule has 0 bridgehead atoms. The van der Waals surface area contributed by atoms with Crippen molar-refractivity contribution in [3.05, 3.63) is 77.9 Å². The van der Waals surface area contributed by atoms with Gasteiger partial charge in [0.05, 0.1) is 0 Å². The van der Waals surface area contributed by atoms with Crippen LogP contribution >= 0.6 is 0 Å². The second-order valence-electron chi connectivity index (χ2n) is 7.24. The quantitative estimate of drug-likeness (QED) is 0.258. The maximum atomic E-state index is 14.1. The fraction of sp³-hybridized carbons (Fsp3) is 0.250. The van der Waals surface area contributed by atoms with E-state index in [1.165, 1.54) is 33.9 Å². The number of para-hydroxylation sites is 2. The predicted molar refractivity (Wildman–Crippen MR) is 108 cm³/mol. The Morgan fingerprint density at radius 1 is 0.714 bits per heavy atom. The Balaban J connectivity index is 1.37. The van der Waals surface area contributed by atoms with Crippen LogP contribution < -0.4 is 3.87 Å². The molecule has 0 radical (unpaired) electrons. The van der Waals surface area contributed by atoms with E-state index in [0.717, 1.165) is 32.2 Å². The van der Waals surface area contributed by atoms with Crippen molar-refractivity contribution >= 4 is 25.7 Å². The summed E-state index contributed by atoms with van der Waals surface area (Å²) in [4.78, 5) is 0. The van der Waals surface area contributed by atoms with Gasteiger partial charge in [0.1, 0.15) is 0 Å². The summed E-state index contributed by atoms with van der Waals surface area (Å²) < 4.78 is 30.8. The van der Waals surface area contributed by atoms with Crippen molar-refractivity contribution in [2.24, 2.45) is 0 Å². The first-order valence-electron chi connectivity index (χ1n) is 9.81. The number of hydrogen-bond acceptors (Lipinski definition) is 0. The van der Waals surface area contributed by atoms with Crippen LogP contribution in [0.25, 0.3) is 21.8 Å². The second-order valence-corrected chi connectivity index (χ2v) is 8.08. The van der Waals surface area contributed by atoms with Crippen molar-refractivity contribution in [1.29, 1.82) is 0 Å². The maximum absolute atomic E-state index is 14.1. The van der Waals surface area contributed by atoms with E-state index in [1.54, 1.807) is 20.4 Å². The van der Waals surface area contributed by atoms with Crippen LogP contribution in [0.3, 0.4) is 0 Å². The summed E-state index contributed by atoms with van der Waals surface area (Å²) in [5.41, 5.74) is 2.78. The van der Waals surface area contributed by atoms with Crippen LogP contribution in [-0.4, -0.2) is 4.57 Å². The molecule has 3 aromatic carbocycles. The Kier molecular flexibility index (Phi) is 5.94. The summed E-state index contributed by atoms with van der Waals surface area (Å²) >= 11 is 1.68. The van der Waals surface area contributed by atoms with Crippen molar-refractivity contribution < 1.29 is 29.2 Å². The van der Waals surface area contributed by atoms with Crippen LogP contribution in [-0.2, 0) is 33.4 Å². The zero-order valence-corrected chi connectivity index (χ0v) is 17.3. The van der Waals surface area contributed by atoms with E-state index in [2.05, 4.69) is 53.1 Å². The van der Waals surface area contributed by atoms with Crippen molar-refractivity contribution in [2.45, 2.75) is 38.6 Å². The molecular formula is C24H22F2NTi. The summed E-state index contributed by atoms with van der Waals surface area (Å²) in [5.74, 6) is -0.807. The van der Waals surface area contributed by atoms with Crippen LogP contribution in [0.1, 0.15) is 31.2 Å². The zero-order chi connectivity index (χ0) is 19.5. The van der Waals surface area contributed by atoms with Crippen molar-refractivity contribution in [3.8, 4) is 0 Å². The minimum atomic E-state index is -0.423. The van der Waals surface area contributed by atoms with Gasteiger partial charge in [0.2, 0.25) is 0 Å². The monoisotopic (exact) mass is 410 g/mol. The summed E-state index contributed by atoms with van der Waals surface area (Å²) in [7, 11) is 0. The van der Waals surface area contributed by atoms with Gasteiger partial charge in [-0.15, -0.1) is 0 Å². The van der Waals surface area contributed by atoms with Crippen molar-refractivity contribution in [2.75, 3.05) is 0 Å². The molecule has 4 heteroatoms. The number of aromatic nitrogens is 1. The van der Waals surface area contributed by atoms with Gasteiger partial charge in [0.15, 0.2) is 0 Å². The Morgan fingerprint density at radius 2 is 1.32 bits per heavy atom. The van der Waals surface area contributed by atoms with Crippen LogP contribution in [0.2, 0.25) is 0 Å². The van der Waals surface area contributed by atoms with Gasteiger partial charge in [-0.05, 0) is 0 Å². The molecule has 141 valence electrons. The number of fused-ring (bicyclic) bond motifs is 3. The first-order chi connectivity index (χ1) is 13.7. The van der Waals surface area contributed by atoms with E-state index in [9.17, 15) is 8.78 Å². The number of aryl methyl sites for hydroxylation is 1. The van der Waals surface area contributed by atoms with Gasteiger partial charge >= 0.3 is 140 Å². The molecule has 0 amide bonds. The third-order valence-electron chi connectivity index (χ3n) is 5.42. The number of halogens is 2. The summed E-state index contributed by atoms with van der Waals surface area (Å²) in [6, 6.07) is 19.9. The van der Waals surface area contributed by atoms with Crippen molar-refractivity contribution in [1.82, 2.24) is 4.57 Å². The fourth-order valence-electron chi connectivity index (χ4n) is 4.00. The predicted octanol–water partition coefficient (Wildman–Crippen LogP) is 6.05. The minimum absolute atomic E-state index is 0.238. The molecule has 0 aliphatic carbocycles. The molecule has 0 atom stereocenters. The molecule has 0 unspecified atom stereocenters. The van der Waals surface area contributed by atoms with Gasteiger partial charge < -0.3 is 0 Å². The van der Waals surface area contributed by atoms with E-state index in [0.29, 0.717) is 10.3 Å². The molecule has 0 aliphatic heterocycles. The first-order valence-corrected chi connectivity index (χ1v) is 10.6. The Morgan fingerprint density at radius 3 is 2.00 bits per heavy atom. The fourth-order valence-corrected chi connectivity index (χ4v) is 4.36. The topological polar surface area (TPSA) is 4.93 Å². The molecule has 0 spiro atoms. The molecule has 4 rings (SSSR count). The van der Waals surface area contributed by atoms with Gasteiger partial charge in [-0.2, -0.15) is 0 Å².